The van der Waals surface area contributed by atoms with Crippen LogP contribution in [0.15, 0.2) is 17.1 Å². The van der Waals surface area contributed by atoms with Crippen LogP contribution in [-0.4, -0.2) is 25.7 Å². The van der Waals surface area contributed by atoms with E-state index in [4.69, 9.17) is 16.3 Å². The number of benzene rings is 1. The fourth-order valence-corrected chi connectivity index (χ4v) is 2.57. The van der Waals surface area contributed by atoms with Gasteiger partial charge in [0.2, 0.25) is 0 Å². The van der Waals surface area contributed by atoms with Gasteiger partial charge in [-0.3, -0.25) is 4.99 Å². The Morgan fingerprint density at radius 1 is 1.44 bits per heavy atom. The van der Waals surface area contributed by atoms with Crippen LogP contribution in [0.5, 0.6) is 5.75 Å². The van der Waals surface area contributed by atoms with Gasteiger partial charge in [-0.05, 0) is 24.1 Å². The first-order valence-corrected chi connectivity index (χ1v) is 6.67. The van der Waals surface area contributed by atoms with Gasteiger partial charge in [-0.1, -0.05) is 11.6 Å². The average Bonchev–Trinajstić information content (AvgIpc) is 2.85. The second kappa shape index (κ2) is 5.06. The summed E-state index contributed by atoms with van der Waals surface area (Å²) in [7, 11) is 0. The van der Waals surface area contributed by atoms with Gasteiger partial charge in [-0.25, -0.2) is 0 Å². The molecule has 96 valence electrons. The first-order valence-electron chi connectivity index (χ1n) is 6.29. The Labute approximate surface area is 111 Å². The summed E-state index contributed by atoms with van der Waals surface area (Å²) in [5.74, 6) is 1.86. The van der Waals surface area contributed by atoms with Crippen LogP contribution in [0, 0.1) is 0 Å². The molecule has 0 bridgehead atoms. The molecular weight excluding hydrogens is 250 g/mol. The molecule has 0 aromatic heterocycles. The summed E-state index contributed by atoms with van der Waals surface area (Å²) in [5, 5.41) is 7.30. The lowest BCUT2D eigenvalue weighted by molar-refractivity contribution is 0.353. The first-order chi connectivity index (χ1) is 8.83. The normalized spacial score (nSPS) is 17.5. The van der Waals surface area contributed by atoms with Crippen molar-refractivity contribution in [3.63, 3.8) is 0 Å². The van der Waals surface area contributed by atoms with Crippen molar-refractivity contribution < 1.29 is 4.74 Å². The molecule has 0 aliphatic carbocycles. The topological polar surface area (TPSA) is 45.7 Å². The molecule has 2 aliphatic heterocycles. The van der Waals surface area contributed by atoms with Crippen molar-refractivity contribution >= 4 is 17.6 Å². The van der Waals surface area contributed by atoms with Gasteiger partial charge >= 0.3 is 0 Å². The molecule has 5 heteroatoms. The zero-order chi connectivity index (χ0) is 12.4. The minimum absolute atomic E-state index is 0.689. The Morgan fingerprint density at radius 2 is 2.39 bits per heavy atom. The van der Waals surface area contributed by atoms with Crippen LogP contribution in [0.4, 0.5) is 0 Å². The highest BCUT2D eigenvalue weighted by atomic mass is 35.5. The molecule has 0 amide bonds. The number of halogens is 1. The first kappa shape index (κ1) is 11.7. The number of ether oxygens (including phenoxy) is 1. The maximum atomic E-state index is 6.12. The number of guanidine groups is 1. The highest BCUT2D eigenvalue weighted by molar-refractivity contribution is 6.30. The number of nitrogens with zero attached hydrogens (tertiary/aromatic N) is 1. The molecule has 0 saturated heterocycles. The van der Waals surface area contributed by atoms with Crippen LogP contribution in [0.25, 0.3) is 0 Å². The van der Waals surface area contributed by atoms with Crippen molar-refractivity contribution in [3.05, 3.63) is 28.3 Å². The average molecular weight is 266 g/mol. The molecule has 0 unspecified atom stereocenters. The zero-order valence-corrected chi connectivity index (χ0v) is 10.9. The van der Waals surface area contributed by atoms with Crippen molar-refractivity contribution in [2.75, 3.05) is 19.7 Å². The smallest absolute Gasteiger partial charge is 0.191 e. The van der Waals surface area contributed by atoms with E-state index in [2.05, 4.69) is 15.6 Å². The Bertz CT molecular complexity index is 487. The van der Waals surface area contributed by atoms with E-state index in [-0.39, 0.29) is 0 Å². The number of hydrogen-bond donors (Lipinski definition) is 2. The van der Waals surface area contributed by atoms with Crippen molar-refractivity contribution in [2.24, 2.45) is 4.99 Å². The van der Waals surface area contributed by atoms with Crippen molar-refractivity contribution in [1.29, 1.82) is 0 Å². The lowest BCUT2D eigenvalue weighted by Crippen LogP contribution is -2.40. The molecule has 3 rings (SSSR count). The molecule has 0 saturated carbocycles. The van der Waals surface area contributed by atoms with E-state index < -0.39 is 0 Å². The summed E-state index contributed by atoms with van der Waals surface area (Å²) in [5.41, 5.74) is 2.31. The highest BCUT2D eigenvalue weighted by Crippen LogP contribution is 2.32. The Balaban J connectivity index is 1.74. The van der Waals surface area contributed by atoms with Gasteiger partial charge in [0, 0.05) is 36.6 Å². The summed E-state index contributed by atoms with van der Waals surface area (Å²) < 4.78 is 5.67. The second-order valence-corrected chi connectivity index (χ2v) is 4.95. The van der Waals surface area contributed by atoms with Crippen molar-refractivity contribution in [2.45, 2.75) is 19.4 Å². The SMILES string of the molecule is Clc1cc2c(c(CNC3=NCCCN3)c1)OCC2. The van der Waals surface area contributed by atoms with E-state index in [0.717, 1.165) is 54.8 Å². The minimum Gasteiger partial charge on any atom is -0.493 e. The van der Waals surface area contributed by atoms with Crippen molar-refractivity contribution in [1.82, 2.24) is 10.6 Å². The molecule has 1 aromatic rings. The molecule has 0 fully saturated rings. The van der Waals surface area contributed by atoms with E-state index in [1.165, 1.54) is 5.56 Å². The maximum absolute atomic E-state index is 6.12. The van der Waals surface area contributed by atoms with Gasteiger partial charge in [0.05, 0.1) is 6.61 Å². The molecule has 1 aromatic carbocycles. The predicted molar refractivity (Wildman–Crippen MR) is 72.4 cm³/mol. The van der Waals surface area contributed by atoms with E-state index in [1.54, 1.807) is 0 Å². The maximum Gasteiger partial charge on any atom is 0.191 e. The van der Waals surface area contributed by atoms with Gasteiger partial charge in [0.15, 0.2) is 5.96 Å². The fourth-order valence-electron chi connectivity index (χ4n) is 2.31. The lowest BCUT2D eigenvalue weighted by atomic mass is 10.1. The Kier molecular flexibility index (Phi) is 3.28. The largest absolute Gasteiger partial charge is 0.493 e. The minimum atomic E-state index is 0.689. The van der Waals surface area contributed by atoms with E-state index in [9.17, 15) is 0 Å². The zero-order valence-electron chi connectivity index (χ0n) is 10.1. The van der Waals surface area contributed by atoms with Crippen LogP contribution in [0.3, 0.4) is 0 Å². The van der Waals surface area contributed by atoms with Gasteiger partial charge in [-0.15, -0.1) is 0 Å². The number of nitrogens with one attached hydrogen (secondary N) is 2. The molecule has 2 N–H and O–H groups in total. The summed E-state index contributed by atoms with van der Waals surface area (Å²) in [6.07, 6.45) is 2.04. The predicted octanol–water partition coefficient (Wildman–Crippen LogP) is 1.71. The quantitative estimate of drug-likeness (QED) is 0.856. The Hall–Kier alpha value is -1.42. The third-order valence-corrected chi connectivity index (χ3v) is 3.39. The lowest BCUT2D eigenvalue weighted by Gasteiger charge is -2.17. The van der Waals surface area contributed by atoms with Crippen LogP contribution in [0.1, 0.15) is 17.5 Å². The van der Waals surface area contributed by atoms with E-state index >= 15 is 0 Å². The summed E-state index contributed by atoms with van der Waals surface area (Å²) >= 11 is 6.12. The molecule has 0 radical (unpaired) electrons. The molecule has 0 spiro atoms. The van der Waals surface area contributed by atoms with E-state index in [1.807, 2.05) is 12.1 Å². The molecular formula is C13H16ClN3O. The van der Waals surface area contributed by atoms with Crippen LogP contribution < -0.4 is 15.4 Å². The van der Waals surface area contributed by atoms with Crippen LogP contribution in [-0.2, 0) is 13.0 Å². The van der Waals surface area contributed by atoms with Gasteiger partial charge in [0.1, 0.15) is 5.75 Å². The van der Waals surface area contributed by atoms with E-state index in [0.29, 0.717) is 6.54 Å². The standard InChI is InChI=1S/C13H16ClN3O/c14-11-6-9-2-5-18-12(9)10(7-11)8-17-13-15-3-1-4-16-13/h6-7H,1-5,8H2,(H2,15,16,17). The molecule has 2 heterocycles. The van der Waals surface area contributed by atoms with Gasteiger partial charge in [0.25, 0.3) is 0 Å². The molecule has 0 atom stereocenters. The number of rotatable bonds is 2. The fraction of sp³-hybridized carbons (Fsp3) is 0.462. The molecule has 2 aliphatic rings. The second-order valence-electron chi connectivity index (χ2n) is 4.52. The van der Waals surface area contributed by atoms with Gasteiger partial charge in [-0.2, -0.15) is 0 Å². The third-order valence-electron chi connectivity index (χ3n) is 3.17. The molecule has 4 nitrogen and oxygen atoms in total. The number of aliphatic imine (C=N–C) groups is 1. The van der Waals surface area contributed by atoms with Crippen LogP contribution >= 0.6 is 11.6 Å². The van der Waals surface area contributed by atoms with Gasteiger partial charge < -0.3 is 15.4 Å². The Morgan fingerprint density at radius 3 is 3.22 bits per heavy atom. The molecule has 18 heavy (non-hydrogen) atoms. The van der Waals surface area contributed by atoms with Crippen molar-refractivity contribution in [3.8, 4) is 5.75 Å². The summed E-state index contributed by atoms with van der Waals surface area (Å²) in [6, 6.07) is 3.95. The summed E-state index contributed by atoms with van der Waals surface area (Å²) in [6.45, 7) is 3.31. The monoisotopic (exact) mass is 265 g/mol. The number of fused-ring (bicyclic) bond motifs is 1. The highest BCUT2D eigenvalue weighted by Gasteiger charge is 2.17. The van der Waals surface area contributed by atoms with Crippen LogP contribution in [0.2, 0.25) is 5.02 Å². The number of hydrogen-bond acceptors (Lipinski definition) is 4. The summed E-state index contributed by atoms with van der Waals surface area (Å²) in [4.78, 5) is 4.38. The third kappa shape index (κ3) is 2.38.